The van der Waals surface area contributed by atoms with Crippen molar-refractivity contribution in [3.63, 3.8) is 0 Å². The lowest BCUT2D eigenvalue weighted by atomic mass is 9.98. The molecule has 1 rings (SSSR count). The molecule has 6 heteroatoms. The van der Waals surface area contributed by atoms with Crippen molar-refractivity contribution in [1.29, 1.82) is 0 Å². The van der Waals surface area contributed by atoms with Crippen LogP contribution in [0.5, 0.6) is 0 Å². The van der Waals surface area contributed by atoms with Crippen molar-refractivity contribution in [1.82, 2.24) is 0 Å². The van der Waals surface area contributed by atoms with Crippen LogP contribution in [0.4, 0.5) is 13.2 Å². The molecule has 0 amide bonds. The molecule has 2 N–H and O–H groups in total. The third kappa shape index (κ3) is 3.34. The van der Waals surface area contributed by atoms with Crippen molar-refractivity contribution < 1.29 is 23.4 Å². The van der Waals surface area contributed by atoms with E-state index >= 15 is 0 Å². The maximum Gasteiger partial charge on any atom is 0.416 e. The molecule has 1 aromatic carbocycles. The number of alkyl halides is 4. The summed E-state index contributed by atoms with van der Waals surface area (Å²) in [6.45, 7) is 1.44. The molecular formula is C11H12ClF3O2. The molecule has 0 aliphatic carbocycles. The van der Waals surface area contributed by atoms with E-state index in [9.17, 15) is 23.4 Å². The highest BCUT2D eigenvalue weighted by Crippen LogP contribution is 2.32. The highest BCUT2D eigenvalue weighted by Gasteiger charge is 2.31. The maximum atomic E-state index is 12.4. The average Bonchev–Trinajstić information content (AvgIpc) is 2.25. The minimum Gasteiger partial charge on any atom is -0.389 e. The zero-order valence-electron chi connectivity index (χ0n) is 9.00. The average molecular weight is 269 g/mol. The van der Waals surface area contributed by atoms with E-state index in [2.05, 4.69) is 0 Å². The first-order valence-electron chi connectivity index (χ1n) is 4.87. The van der Waals surface area contributed by atoms with Crippen molar-refractivity contribution in [2.24, 2.45) is 0 Å². The van der Waals surface area contributed by atoms with Crippen LogP contribution in [0.25, 0.3) is 0 Å². The molecule has 1 aromatic rings. The van der Waals surface area contributed by atoms with Gasteiger partial charge >= 0.3 is 6.18 Å². The van der Waals surface area contributed by atoms with E-state index in [1.54, 1.807) is 0 Å². The number of hydrogen-bond acceptors (Lipinski definition) is 2. The fourth-order valence-electron chi connectivity index (χ4n) is 1.48. The van der Waals surface area contributed by atoms with Crippen LogP contribution in [-0.2, 0) is 6.18 Å². The molecule has 0 aliphatic rings. The van der Waals surface area contributed by atoms with Crippen LogP contribution in [0.2, 0.25) is 0 Å². The van der Waals surface area contributed by atoms with Gasteiger partial charge in [0.1, 0.15) is 6.10 Å². The minimum absolute atomic E-state index is 0.193. The number of aliphatic hydroxyl groups excluding tert-OH is 2. The van der Waals surface area contributed by atoms with E-state index in [4.69, 9.17) is 11.6 Å². The number of aryl methyl sites for hydroxylation is 1. The molecule has 0 spiro atoms. The van der Waals surface area contributed by atoms with Crippen molar-refractivity contribution in [3.05, 3.63) is 34.9 Å². The molecule has 0 saturated carbocycles. The van der Waals surface area contributed by atoms with Gasteiger partial charge in [-0.25, -0.2) is 0 Å². The van der Waals surface area contributed by atoms with E-state index in [0.29, 0.717) is 0 Å². The van der Waals surface area contributed by atoms with Crippen LogP contribution in [0.1, 0.15) is 22.8 Å². The van der Waals surface area contributed by atoms with E-state index in [1.807, 2.05) is 0 Å². The second-order valence-corrected chi connectivity index (χ2v) is 4.04. The lowest BCUT2D eigenvalue weighted by molar-refractivity contribution is -0.137. The normalized spacial score (nSPS) is 15.7. The molecular weight excluding hydrogens is 257 g/mol. The van der Waals surface area contributed by atoms with Crippen molar-refractivity contribution in [3.8, 4) is 0 Å². The van der Waals surface area contributed by atoms with Crippen molar-refractivity contribution in [2.45, 2.75) is 25.3 Å². The van der Waals surface area contributed by atoms with Gasteiger partial charge in [-0.3, -0.25) is 0 Å². The highest BCUT2D eigenvalue weighted by molar-refractivity contribution is 6.18. The molecule has 0 saturated heterocycles. The first-order valence-corrected chi connectivity index (χ1v) is 5.40. The van der Waals surface area contributed by atoms with Gasteiger partial charge in [0.05, 0.1) is 17.5 Å². The molecule has 96 valence electrons. The Hall–Kier alpha value is -0.780. The third-order valence-corrected chi connectivity index (χ3v) is 2.75. The van der Waals surface area contributed by atoms with E-state index in [-0.39, 0.29) is 17.0 Å². The Bertz CT molecular complexity index is 393. The van der Waals surface area contributed by atoms with Crippen LogP contribution in [-0.4, -0.2) is 22.2 Å². The van der Waals surface area contributed by atoms with Crippen molar-refractivity contribution in [2.75, 3.05) is 5.88 Å². The molecule has 0 aliphatic heterocycles. The topological polar surface area (TPSA) is 40.5 Å². The molecule has 2 nitrogen and oxygen atoms in total. The summed E-state index contributed by atoms with van der Waals surface area (Å²) in [5, 5.41) is 19.0. The highest BCUT2D eigenvalue weighted by atomic mass is 35.5. The summed E-state index contributed by atoms with van der Waals surface area (Å²) in [6, 6.07) is 2.95. The standard InChI is InChI=1S/C11H12ClF3O2/c1-6-4-7(11(13,14)15)2-3-8(6)10(17)9(16)5-12/h2-4,9-10,16-17H,5H2,1H3. The van der Waals surface area contributed by atoms with Gasteiger partial charge in [-0.05, 0) is 30.2 Å². The summed E-state index contributed by atoms with van der Waals surface area (Å²) in [5.41, 5.74) is -0.283. The summed E-state index contributed by atoms with van der Waals surface area (Å²) in [4.78, 5) is 0. The smallest absolute Gasteiger partial charge is 0.389 e. The van der Waals surface area contributed by atoms with Gasteiger partial charge in [0.15, 0.2) is 0 Å². The number of aliphatic hydroxyl groups is 2. The van der Waals surface area contributed by atoms with E-state index in [1.165, 1.54) is 6.92 Å². The fraction of sp³-hybridized carbons (Fsp3) is 0.455. The Balaban J connectivity index is 3.06. The van der Waals surface area contributed by atoms with Crippen molar-refractivity contribution >= 4 is 11.6 Å². The Morgan fingerprint density at radius 2 is 1.88 bits per heavy atom. The summed E-state index contributed by atoms with van der Waals surface area (Å²) in [7, 11) is 0. The zero-order chi connectivity index (χ0) is 13.2. The zero-order valence-corrected chi connectivity index (χ0v) is 9.76. The van der Waals surface area contributed by atoms with Crippen LogP contribution in [0.3, 0.4) is 0 Å². The SMILES string of the molecule is Cc1cc(C(F)(F)F)ccc1C(O)C(O)CCl. The van der Waals surface area contributed by atoms with E-state index in [0.717, 1.165) is 18.2 Å². The number of halogens is 4. The molecule has 17 heavy (non-hydrogen) atoms. The second-order valence-electron chi connectivity index (χ2n) is 3.74. The Morgan fingerprint density at radius 1 is 1.29 bits per heavy atom. The lowest BCUT2D eigenvalue weighted by Gasteiger charge is -2.19. The molecule has 2 atom stereocenters. The number of rotatable bonds is 3. The third-order valence-electron chi connectivity index (χ3n) is 2.44. The predicted molar refractivity (Wildman–Crippen MR) is 57.9 cm³/mol. The predicted octanol–water partition coefficient (Wildman–Crippen LogP) is 2.65. The van der Waals surface area contributed by atoms with Crippen LogP contribution < -0.4 is 0 Å². The molecule has 0 radical (unpaired) electrons. The monoisotopic (exact) mass is 268 g/mol. The number of benzene rings is 1. The first-order chi connectivity index (χ1) is 7.77. The van der Waals surface area contributed by atoms with Gasteiger partial charge in [0.2, 0.25) is 0 Å². The molecule has 0 bridgehead atoms. The summed E-state index contributed by atoms with van der Waals surface area (Å²) < 4.78 is 37.2. The maximum absolute atomic E-state index is 12.4. The fourth-order valence-corrected chi connectivity index (χ4v) is 1.64. The van der Waals surface area contributed by atoms with Gasteiger partial charge in [-0.15, -0.1) is 11.6 Å². The summed E-state index contributed by atoms with van der Waals surface area (Å²) >= 11 is 5.36. The summed E-state index contributed by atoms with van der Waals surface area (Å²) in [6.07, 6.45) is -6.90. The molecule has 0 heterocycles. The van der Waals surface area contributed by atoms with E-state index < -0.39 is 23.9 Å². The minimum atomic E-state index is -4.42. The molecule has 2 unspecified atom stereocenters. The van der Waals surface area contributed by atoms with Crippen LogP contribution in [0, 0.1) is 6.92 Å². The summed E-state index contributed by atoms with van der Waals surface area (Å²) in [5.74, 6) is -0.193. The van der Waals surface area contributed by atoms with Crippen LogP contribution >= 0.6 is 11.6 Å². The van der Waals surface area contributed by atoms with Gasteiger partial charge in [-0.2, -0.15) is 13.2 Å². The Kier molecular flexibility index (Phi) is 4.41. The second kappa shape index (κ2) is 5.25. The quantitative estimate of drug-likeness (QED) is 0.828. The van der Waals surface area contributed by atoms with Gasteiger partial charge in [-0.1, -0.05) is 6.07 Å². The Labute approximate surface area is 102 Å². The van der Waals surface area contributed by atoms with Gasteiger partial charge in [0.25, 0.3) is 0 Å². The van der Waals surface area contributed by atoms with Gasteiger partial charge in [0, 0.05) is 0 Å². The largest absolute Gasteiger partial charge is 0.416 e. The molecule has 0 aromatic heterocycles. The molecule has 0 fully saturated rings. The number of hydrogen-bond donors (Lipinski definition) is 2. The lowest BCUT2D eigenvalue weighted by Crippen LogP contribution is -2.20. The van der Waals surface area contributed by atoms with Gasteiger partial charge < -0.3 is 10.2 Å². The Morgan fingerprint density at radius 3 is 2.29 bits per heavy atom. The van der Waals surface area contributed by atoms with Crippen LogP contribution in [0.15, 0.2) is 18.2 Å². The first kappa shape index (κ1) is 14.3.